The fourth-order valence-corrected chi connectivity index (χ4v) is 6.00. The quantitative estimate of drug-likeness (QED) is 0.312. The summed E-state index contributed by atoms with van der Waals surface area (Å²) < 4.78 is 35.5. The third-order valence-corrected chi connectivity index (χ3v) is 8.60. The molecule has 4 aromatic heterocycles. The van der Waals surface area contributed by atoms with Crippen molar-refractivity contribution >= 4 is 46.7 Å². The first kappa shape index (κ1) is 28.6. The zero-order valence-electron chi connectivity index (χ0n) is 21.1. The number of nitrogens with two attached hydrogens (primary N) is 2. The van der Waals surface area contributed by atoms with E-state index < -0.39 is 18.1 Å². The number of halogens is 4. The molecular weight excluding hydrogens is 587 g/mol. The molecule has 2 aliphatic heterocycles. The molecule has 0 radical (unpaired) electrons. The first-order chi connectivity index (χ1) is 19.4. The lowest BCUT2D eigenvalue weighted by molar-refractivity contribution is -0.192. The van der Waals surface area contributed by atoms with Crippen molar-refractivity contribution in [3.63, 3.8) is 0 Å². The van der Waals surface area contributed by atoms with Crippen molar-refractivity contribution in [3.05, 3.63) is 59.5 Å². The number of imidazole rings is 1. The number of hydrogen-bond acceptors (Lipinski definition) is 9. The highest BCUT2D eigenvalue weighted by Gasteiger charge is 2.47. The number of alkyl halides is 3. The smallest absolute Gasteiger partial charge is 0.475 e. The Morgan fingerprint density at radius 1 is 1.17 bits per heavy atom. The lowest BCUT2D eigenvalue weighted by atomic mass is 9.73. The van der Waals surface area contributed by atoms with Gasteiger partial charge in [0.1, 0.15) is 16.5 Å². The van der Waals surface area contributed by atoms with E-state index in [1.54, 1.807) is 29.2 Å². The van der Waals surface area contributed by atoms with E-state index in [9.17, 15) is 18.0 Å². The van der Waals surface area contributed by atoms with Crippen LogP contribution in [-0.4, -0.2) is 65.4 Å². The molecule has 12 nitrogen and oxygen atoms in total. The number of aliphatic carboxylic acids is 1. The minimum atomic E-state index is -5.08. The molecule has 5 N–H and O–H groups in total. The number of hydrogen-bond donors (Lipinski definition) is 3. The maximum absolute atomic E-state index is 11.4. The van der Waals surface area contributed by atoms with Crippen LogP contribution in [0.15, 0.2) is 53.0 Å². The largest absolute Gasteiger partial charge is 0.490 e. The molecule has 4 aromatic rings. The predicted octanol–water partition coefficient (Wildman–Crippen LogP) is 3.16. The molecule has 0 saturated carbocycles. The van der Waals surface area contributed by atoms with Crippen LogP contribution in [0.4, 0.5) is 19.0 Å². The Balaban J connectivity index is 0.000000431. The van der Waals surface area contributed by atoms with Crippen LogP contribution in [0.2, 0.25) is 5.02 Å². The van der Waals surface area contributed by atoms with Gasteiger partial charge in [0.25, 0.3) is 5.91 Å². The Hall–Kier alpha value is -3.89. The van der Waals surface area contributed by atoms with Gasteiger partial charge in [0.05, 0.1) is 29.2 Å². The lowest BCUT2D eigenvalue weighted by Gasteiger charge is -2.41. The molecule has 6 heterocycles. The highest BCUT2D eigenvalue weighted by atomic mass is 35.5. The summed E-state index contributed by atoms with van der Waals surface area (Å²) in [5.74, 6) is -2.50. The molecule has 1 spiro atoms. The van der Waals surface area contributed by atoms with Crippen molar-refractivity contribution < 1.29 is 27.9 Å². The first-order valence-corrected chi connectivity index (χ1v) is 13.4. The van der Waals surface area contributed by atoms with Crippen LogP contribution < -0.4 is 16.4 Å². The summed E-state index contributed by atoms with van der Waals surface area (Å²) in [5.41, 5.74) is 13.8. The van der Waals surface area contributed by atoms with E-state index in [-0.39, 0.29) is 17.2 Å². The number of pyridine rings is 1. The van der Waals surface area contributed by atoms with Crippen molar-refractivity contribution in [1.29, 1.82) is 0 Å². The van der Waals surface area contributed by atoms with Gasteiger partial charge in [-0.15, -0.1) is 0 Å². The fraction of sp³-hybridized carbons (Fsp3) is 0.333. The summed E-state index contributed by atoms with van der Waals surface area (Å²) >= 11 is 7.92. The Labute approximate surface area is 239 Å². The topological polar surface area (TPSA) is 171 Å². The SMILES string of the molecule is NC(=O)c1cn2ccc(Sc3cnc(N4CCC5(CC4)Cn4nccc4[C@H]5N)cn3)c(Cl)c2n1.O=C(O)C(F)(F)F. The van der Waals surface area contributed by atoms with Crippen LogP contribution in [-0.2, 0) is 11.3 Å². The predicted molar refractivity (Wildman–Crippen MR) is 142 cm³/mol. The van der Waals surface area contributed by atoms with Gasteiger partial charge >= 0.3 is 12.1 Å². The number of aromatic nitrogens is 6. The monoisotopic (exact) mass is 609 g/mol. The van der Waals surface area contributed by atoms with Crippen LogP contribution in [0.25, 0.3) is 5.65 Å². The first-order valence-electron chi connectivity index (χ1n) is 12.2. The molecule has 0 aliphatic carbocycles. The minimum absolute atomic E-state index is 0.0261. The van der Waals surface area contributed by atoms with Gasteiger partial charge in [-0.05, 0) is 25.0 Å². The molecule has 1 saturated heterocycles. The van der Waals surface area contributed by atoms with Crippen molar-refractivity contribution in [1.82, 2.24) is 29.1 Å². The second-order valence-electron chi connectivity index (χ2n) is 9.57. The van der Waals surface area contributed by atoms with Crippen molar-refractivity contribution in [2.45, 2.75) is 41.5 Å². The summed E-state index contributed by atoms with van der Waals surface area (Å²) in [6, 6.07) is 3.90. The number of nitrogens with zero attached hydrogens (tertiary/aromatic N) is 7. The van der Waals surface area contributed by atoms with Crippen LogP contribution in [0.5, 0.6) is 0 Å². The number of carboxylic acid groups (broad SMARTS) is 1. The van der Waals surface area contributed by atoms with E-state index in [4.69, 9.17) is 33.0 Å². The zero-order chi connectivity index (χ0) is 29.5. The van der Waals surface area contributed by atoms with Gasteiger partial charge in [0.15, 0.2) is 5.65 Å². The van der Waals surface area contributed by atoms with Gasteiger partial charge < -0.3 is 25.9 Å². The normalized spacial score (nSPS) is 17.8. The van der Waals surface area contributed by atoms with Crippen molar-refractivity contribution in [3.8, 4) is 0 Å². The highest BCUT2D eigenvalue weighted by molar-refractivity contribution is 7.99. The zero-order valence-corrected chi connectivity index (χ0v) is 22.7. The second kappa shape index (κ2) is 10.8. The summed E-state index contributed by atoms with van der Waals surface area (Å²) in [4.78, 5) is 36.8. The third kappa shape index (κ3) is 5.67. The van der Waals surface area contributed by atoms with Gasteiger partial charge in [-0.25, -0.2) is 19.7 Å². The molecule has 0 aromatic carbocycles. The van der Waals surface area contributed by atoms with Gasteiger partial charge in [-0.1, -0.05) is 23.4 Å². The number of amides is 1. The van der Waals surface area contributed by atoms with E-state index in [1.165, 1.54) is 11.8 Å². The molecule has 1 fully saturated rings. The molecular formula is C24H23ClF3N9O3S. The number of rotatable bonds is 4. The molecule has 1 amide bonds. The fourth-order valence-electron chi connectivity index (χ4n) is 4.94. The number of fused-ring (bicyclic) bond motifs is 2. The Morgan fingerprint density at radius 2 is 1.88 bits per heavy atom. The molecule has 216 valence electrons. The molecule has 2 aliphatic rings. The number of anilines is 1. The Bertz CT molecular complexity index is 1600. The Morgan fingerprint density at radius 3 is 2.46 bits per heavy atom. The maximum Gasteiger partial charge on any atom is 0.490 e. The Kier molecular flexibility index (Phi) is 7.56. The van der Waals surface area contributed by atoms with Gasteiger partial charge in [-0.3, -0.25) is 9.48 Å². The molecule has 6 rings (SSSR count). The van der Waals surface area contributed by atoms with E-state index in [0.29, 0.717) is 15.7 Å². The van der Waals surface area contributed by atoms with Crippen LogP contribution >= 0.6 is 23.4 Å². The van der Waals surface area contributed by atoms with Crippen LogP contribution in [0, 0.1) is 5.41 Å². The van der Waals surface area contributed by atoms with E-state index >= 15 is 0 Å². The van der Waals surface area contributed by atoms with Crippen molar-refractivity contribution in [2.75, 3.05) is 18.0 Å². The summed E-state index contributed by atoms with van der Waals surface area (Å²) in [6.45, 7) is 2.64. The average molecular weight is 610 g/mol. The number of carbonyl (C=O) groups excluding carboxylic acids is 1. The molecule has 17 heteroatoms. The highest BCUT2D eigenvalue weighted by Crippen LogP contribution is 2.47. The van der Waals surface area contributed by atoms with Crippen LogP contribution in [0.1, 0.15) is 35.1 Å². The van der Waals surface area contributed by atoms with Gasteiger partial charge in [0.2, 0.25) is 0 Å². The third-order valence-electron chi connectivity index (χ3n) is 7.13. The van der Waals surface area contributed by atoms with E-state index in [0.717, 1.165) is 48.9 Å². The lowest BCUT2D eigenvalue weighted by Crippen LogP contribution is -2.45. The molecule has 41 heavy (non-hydrogen) atoms. The summed E-state index contributed by atoms with van der Waals surface area (Å²) in [6.07, 6.45) is 5.61. The van der Waals surface area contributed by atoms with Gasteiger partial charge in [-0.2, -0.15) is 18.3 Å². The number of primary amides is 1. The van der Waals surface area contributed by atoms with E-state index in [1.807, 2.05) is 23.0 Å². The standard InChI is InChI=1S/C22H22ClN9OS.C2HF3O2/c23-18-15(2-6-31-11-13(20(25)33)29-21(18)31)34-17-10-26-16(9-27-17)30-7-3-22(4-8-30)12-32-14(19(22)24)1-5-28-32;3-2(4,5)1(6)7/h1-2,5-6,9-11,19H,3-4,7-8,12,24H2,(H2,25,33);(H,6,7)/t19-;/m1./s1. The molecule has 0 unspecified atom stereocenters. The maximum atomic E-state index is 11.4. The van der Waals surface area contributed by atoms with Crippen molar-refractivity contribution in [2.24, 2.45) is 16.9 Å². The minimum Gasteiger partial charge on any atom is -0.475 e. The van der Waals surface area contributed by atoms with E-state index in [2.05, 4.69) is 25.0 Å². The van der Waals surface area contributed by atoms with Crippen LogP contribution in [0.3, 0.4) is 0 Å². The summed E-state index contributed by atoms with van der Waals surface area (Å²) in [7, 11) is 0. The second-order valence-corrected chi connectivity index (χ2v) is 11.0. The summed E-state index contributed by atoms with van der Waals surface area (Å²) in [5, 5.41) is 12.7. The number of carboxylic acids is 1. The average Bonchev–Trinajstić information content (AvgIpc) is 3.63. The molecule has 0 bridgehead atoms. The van der Waals surface area contributed by atoms with Gasteiger partial charge in [0, 0.05) is 48.5 Å². The number of carbonyl (C=O) groups is 2. The molecule has 1 atom stereocenters. The number of piperidine rings is 1.